The van der Waals surface area contributed by atoms with Crippen LogP contribution in [0, 0.1) is 13.8 Å². The van der Waals surface area contributed by atoms with Gasteiger partial charge in [0.05, 0.1) is 11.4 Å². The van der Waals surface area contributed by atoms with Crippen molar-refractivity contribution in [2.45, 2.75) is 33.1 Å². The standard InChI is InChI=1S/C27H26N2/c1-20-13-14-25(27-19-21(2)15-17-29-27)23(18-20)10-7-9-22-8-3-4-11-24(22)26-12-5-6-16-28-26/h3-6,8,11-19H,7,9-10H2,1-2H3. The first-order valence-corrected chi connectivity index (χ1v) is 10.2. The molecule has 0 aliphatic carbocycles. The van der Waals surface area contributed by atoms with Gasteiger partial charge in [-0.25, -0.2) is 0 Å². The summed E-state index contributed by atoms with van der Waals surface area (Å²) in [5, 5.41) is 0. The van der Waals surface area contributed by atoms with E-state index in [2.05, 4.69) is 78.4 Å². The van der Waals surface area contributed by atoms with E-state index in [4.69, 9.17) is 0 Å². The van der Waals surface area contributed by atoms with Crippen molar-refractivity contribution in [2.24, 2.45) is 0 Å². The molecule has 2 aromatic heterocycles. The first-order chi connectivity index (χ1) is 14.2. The van der Waals surface area contributed by atoms with Crippen molar-refractivity contribution >= 4 is 0 Å². The van der Waals surface area contributed by atoms with Crippen LogP contribution in [0.1, 0.15) is 28.7 Å². The first-order valence-electron chi connectivity index (χ1n) is 10.2. The van der Waals surface area contributed by atoms with Gasteiger partial charge in [0.15, 0.2) is 0 Å². The summed E-state index contributed by atoms with van der Waals surface area (Å²) in [6.07, 6.45) is 6.91. The number of hydrogen-bond donors (Lipinski definition) is 0. The van der Waals surface area contributed by atoms with Gasteiger partial charge in [0.25, 0.3) is 0 Å². The van der Waals surface area contributed by atoms with Gasteiger partial charge in [0.1, 0.15) is 0 Å². The van der Waals surface area contributed by atoms with Crippen LogP contribution in [0.4, 0.5) is 0 Å². The molecule has 0 saturated heterocycles. The molecule has 0 aliphatic heterocycles. The van der Waals surface area contributed by atoms with Crippen molar-refractivity contribution in [1.82, 2.24) is 9.97 Å². The minimum Gasteiger partial charge on any atom is -0.256 e. The molecule has 0 bridgehead atoms. The van der Waals surface area contributed by atoms with E-state index in [0.717, 1.165) is 30.7 Å². The van der Waals surface area contributed by atoms with Crippen LogP contribution in [0.3, 0.4) is 0 Å². The highest BCUT2D eigenvalue weighted by atomic mass is 14.7. The zero-order valence-corrected chi connectivity index (χ0v) is 17.1. The molecule has 4 aromatic rings. The number of nitrogens with zero attached hydrogens (tertiary/aromatic N) is 2. The minimum absolute atomic E-state index is 1.03. The topological polar surface area (TPSA) is 25.8 Å². The number of rotatable bonds is 6. The molecule has 4 rings (SSSR count). The quantitative estimate of drug-likeness (QED) is 0.377. The van der Waals surface area contributed by atoms with Gasteiger partial charge in [-0.05, 0) is 74.1 Å². The lowest BCUT2D eigenvalue weighted by Crippen LogP contribution is -1.97. The second-order valence-corrected chi connectivity index (χ2v) is 7.60. The number of aryl methyl sites for hydroxylation is 4. The fourth-order valence-electron chi connectivity index (χ4n) is 3.84. The Morgan fingerprint density at radius 2 is 1.31 bits per heavy atom. The van der Waals surface area contributed by atoms with Gasteiger partial charge in [-0.15, -0.1) is 0 Å². The maximum absolute atomic E-state index is 4.61. The Labute approximate surface area is 173 Å². The summed E-state index contributed by atoms with van der Waals surface area (Å²) in [5.74, 6) is 0. The van der Waals surface area contributed by atoms with E-state index in [1.165, 1.54) is 33.4 Å². The van der Waals surface area contributed by atoms with Gasteiger partial charge in [-0.2, -0.15) is 0 Å². The van der Waals surface area contributed by atoms with Crippen molar-refractivity contribution in [3.63, 3.8) is 0 Å². The zero-order chi connectivity index (χ0) is 20.1. The third-order valence-corrected chi connectivity index (χ3v) is 5.30. The van der Waals surface area contributed by atoms with Crippen LogP contribution >= 0.6 is 0 Å². The molecule has 0 spiro atoms. The van der Waals surface area contributed by atoms with Gasteiger partial charge >= 0.3 is 0 Å². The van der Waals surface area contributed by atoms with Crippen LogP contribution in [-0.2, 0) is 12.8 Å². The lowest BCUT2D eigenvalue weighted by atomic mass is 9.94. The average Bonchev–Trinajstić information content (AvgIpc) is 2.75. The number of pyridine rings is 2. The molecular formula is C27H26N2. The Balaban J connectivity index is 1.55. The Morgan fingerprint density at radius 3 is 2.14 bits per heavy atom. The normalized spacial score (nSPS) is 10.8. The fourth-order valence-corrected chi connectivity index (χ4v) is 3.84. The second kappa shape index (κ2) is 8.83. The van der Waals surface area contributed by atoms with Gasteiger partial charge in [-0.3, -0.25) is 9.97 Å². The van der Waals surface area contributed by atoms with Crippen LogP contribution in [-0.4, -0.2) is 9.97 Å². The largest absolute Gasteiger partial charge is 0.256 e. The molecule has 2 nitrogen and oxygen atoms in total. The van der Waals surface area contributed by atoms with E-state index in [1.54, 1.807) is 0 Å². The maximum Gasteiger partial charge on any atom is 0.0707 e. The summed E-state index contributed by atoms with van der Waals surface area (Å²) in [5.41, 5.74) is 9.86. The molecule has 2 heterocycles. The summed E-state index contributed by atoms with van der Waals surface area (Å²) in [6.45, 7) is 4.28. The van der Waals surface area contributed by atoms with Gasteiger partial charge < -0.3 is 0 Å². The smallest absolute Gasteiger partial charge is 0.0707 e. The highest BCUT2D eigenvalue weighted by Gasteiger charge is 2.09. The minimum atomic E-state index is 1.03. The molecule has 29 heavy (non-hydrogen) atoms. The zero-order valence-electron chi connectivity index (χ0n) is 17.1. The van der Waals surface area contributed by atoms with Crippen LogP contribution in [0.15, 0.2) is 85.2 Å². The molecule has 0 N–H and O–H groups in total. The maximum atomic E-state index is 4.61. The van der Waals surface area contributed by atoms with E-state index >= 15 is 0 Å². The second-order valence-electron chi connectivity index (χ2n) is 7.60. The Hall–Kier alpha value is -3.26. The summed E-state index contributed by atoms with van der Waals surface area (Å²) in [7, 11) is 0. The van der Waals surface area contributed by atoms with E-state index in [1.807, 2.05) is 30.6 Å². The number of aromatic nitrogens is 2. The molecule has 0 radical (unpaired) electrons. The van der Waals surface area contributed by atoms with Crippen LogP contribution in [0.2, 0.25) is 0 Å². The molecule has 0 amide bonds. The molecule has 0 atom stereocenters. The summed E-state index contributed by atoms with van der Waals surface area (Å²) in [6, 6.07) is 25.6. The lowest BCUT2D eigenvalue weighted by Gasteiger charge is -2.12. The highest BCUT2D eigenvalue weighted by Crippen LogP contribution is 2.27. The molecule has 0 aliphatic rings. The summed E-state index contributed by atoms with van der Waals surface area (Å²) >= 11 is 0. The van der Waals surface area contributed by atoms with Crippen LogP contribution < -0.4 is 0 Å². The third-order valence-electron chi connectivity index (χ3n) is 5.30. The number of benzene rings is 2. The predicted molar refractivity (Wildman–Crippen MR) is 121 cm³/mol. The van der Waals surface area contributed by atoms with Gasteiger partial charge in [0, 0.05) is 23.5 Å². The van der Waals surface area contributed by atoms with E-state index in [-0.39, 0.29) is 0 Å². The van der Waals surface area contributed by atoms with E-state index < -0.39 is 0 Å². The summed E-state index contributed by atoms with van der Waals surface area (Å²) < 4.78 is 0. The SMILES string of the molecule is Cc1ccnc(-c2ccc(C)cc2CCCc2ccccc2-c2ccccn2)c1. The monoisotopic (exact) mass is 378 g/mol. The lowest BCUT2D eigenvalue weighted by molar-refractivity contribution is 0.821. The van der Waals surface area contributed by atoms with Crippen molar-refractivity contribution in [3.8, 4) is 22.5 Å². The van der Waals surface area contributed by atoms with Crippen molar-refractivity contribution in [1.29, 1.82) is 0 Å². The van der Waals surface area contributed by atoms with Crippen molar-refractivity contribution in [2.75, 3.05) is 0 Å². The molecule has 0 unspecified atom stereocenters. The molecule has 0 fully saturated rings. The molecule has 144 valence electrons. The van der Waals surface area contributed by atoms with Crippen molar-refractivity contribution in [3.05, 3.63) is 107 Å². The fraction of sp³-hybridized carbons (Fsp3) is 0.185. The molecule has 0 saturated carbocycles. The van der Waals surface area contributed by atoms with Crippen LogP contribution in [0.5, 0.6) is 0 Å². The molecular weight excluding hydrogens is 352 g/mol. The predicted octanol–water partition coefficient (Wildman–Crippen LogP) is 6.60. The molecule has 2 heteroatoms. The number of hydrogen-bond acceptors (Lipinski definition) is 2. The van der Waals surface area contributed by atoms with Gasteiger partial charge in [0.2, 0.25) is 0 Å². The Bertz CT molecular complexity index is 1100. The molecule has 2 aromatic carbocycles. The van der Waals surface area contributed by atoms with E-state index in [9.17, 15) is 0 Å². The highest BCUT2D eigenvalue weighted by molar-refractivity contribution is 5.65. The average molecular weight is 379 g/mol. The van der Waals surface area contributed by atoms with Crippen molar-refractivity contribution < 1.29 is 0 Å². The Morgan fingerprint density at radius 1 is 0.586 bits per heavy atom. The van der Waals surface area contributed by atoms with Crippen LogP contribution in [0.25, 0.3) is 22.5 Å². The third kappa shape index (κ3) is 4.60. The van der Waals surface area contributed by atoms with Gasteiger partial charge in [-0.1, -0.05) is 54.1 Å². The van der Waals surface area contributed by atoms with E-state index in [0.29, 0.717) is 0 Å². The Kier molecular flexibility index (Phi) is 5.81. The summed E-state index contributed by atoms with van der Waals surface area (Å²) in [4.78, 5) is 9.15. The first kappa shape index (κ1) is 19.1.